The summed E-state index contributed by atoms with van der Waals surface area (Å²) in [5.74, 6) is -0.259. The quantitative estimate of drug-likeness (QED) is 0.470. The zero-order valence-corrected chi connectivity index (χ0v) is 18.7. The van der Waals surface area contributed by atoms with Crippen LogP contribution in [0.15, 0.2) is 47.5 Å². The second kappa shape index (κ2) is 8.17. The topological polar surface area (TPSA) is 91.8 Å². The number of hydrogen-bond acceptors (Lipinski definition) is 5. The average molecular weight is 459 g/mol. The fourth-order valence-electron chi connectivity index (χ4n) is 4.73. The molecule has 2 aliphatic rings. The first kappa shape index (κ1) is 21.4. The van der Waals surface area contributed by atoms with Gasteiger partial charge < -0.3 is 15.2 Å². The second-order valence-electron chi connectivity index (χ2n) is 8.36. The summed E-state index contributed by atoms with van der Waals surface area (Å²) in [4.78, 5) is 18.0. The van der Waals surface area contributed by atoms with Gasteiger partial charge in [0.2, 0.25) is 5.91 Å². The Hall–Kier alpha value is -2.43. The number of H-pyrrole nitrogens is 1. The Morgan fingerprint density at radius 2 is 1.97 bits per heavy atom. The molecule has 1 fully saturated rings. The van der Waals surface area contributed by atoms with Gasteiger partial charge in [0.1, 0.15) is 5.82 Å². The van der Waals surface area contributed by atoms with Crippen molar-refractivity contribution in [2.24, 2.45) is 0 Å². The number of nitrogens with zero attached hydrogens (tertiary/aromatic N) is 2. The number of halogens is 1. The Balaban J connectivity index is 1.40. The summed E-state index contributed by atoms with van der Waals surface area (Å²) >= 11 is 0. The third kappa shape index (κ3) is 3.60. The van der Waals surface area contributed by atoms with E-state index in [1.165, 1.54) is 12.1 Å². The molecule has 5 rings (SSSR count). The Morgan fingerprint density at radius 3 is 2.75 bits per heavy atom. The van der Waals surface area contributed by atoms with Gasteiger partial charge in [0.05, 0.1) is 10.9 Å². The van der Waals surface area contributed by atoms with Crippen LogP contribution < -0.4 is 5.32 Å². The van der Waals surface area contributed by atoms with Crippen LogP contribution in [-0.4, -0.2) is 61.9 Å². The number of rotatable bonds is 4. The van der Waals surface area contributed by atoms with Gasteiger partial charge in [-0.2, -0.15) is 4.31 Å². The van der Waals surface area contributed by atoms with E-state index >= 15 is 0 Å². The molecule has 170 valence electrons. The highest BCUT2D eigenvalue weighted by molar-refractivity contribution is 8.22. The van der Waals surface area contributed by atoms with E-state index in [0.717, 1.165) is 35.2 Å². The van der Waals surface area contributed by atoms with Crippen molar-refractivity contribution in [3.63, 3.8) is 0 Å². The minimum absolute atomic E-state index is 0.0385. The maximum absolute atomic E-state index is 13.5. The molecule has 2 aromatic carbocycles. The number of aromatic nitrogens is 1. The summed E-state index contributed by atoms with van der Waals surface area (Å²) in [6.45, 7) is 5.16. The zero-order valence-electron chi connectivity index (χ0n) is 17.8. The Labute approximate surface area is 187 Å². The van der Waals surface area contributed by atoms with Gasteiger partial charge in [0, 0.05) is 61.8 Å². The lowest BCUT2D eigenvalue weighted by atomic mass is 9.99. The van der Waals surface area contributed by atoms with Crippen molar-refractivity contribution < 1.29 is 18.3 Å². The van der Waals surface area contributed by atoms with Gasteiger partial charge in [-0.15, -0.1) is 10.8 Å². The third-order valence-corrected chi connectivity index (χ3v) is 8.60. The number of carbonyl (C=O) groups excluding carboxylic acids is 1. The van der Waals surface area contributed by atoms with E-state index in [1.54, 1.807) is 16.4 Å². The molecule has 32 heavy (non-hydrogen) atoms. The van der Waals surface area contributed by atoms with E-state index < -0.39 is 10.8 Å². The largest absolute Gasteiger partial charge is 0.360 e. The van der Waals surface area contributed by atoms with Gasteiger partial charge in [-0.3, -0.25) is 13.9 Å². The van der Waals surface area contributed by atoms with Crippen molar-refractivity contribution in [2.45, 2.75) is 24.3 Å². The minimum Gasteiger partial charge on any atom is -0.360 e. The summed E-state index contributed by atoms with van der Waals surface area (Å²) < 4.78 is 37.2. The number of fused-ring (bicyclic) bond motifs is 2. The van der Waals surface area contributed by atoms with Gasteiger partial charge in [-0.05, 0) is 48.4 Å². The van der Waals surface area contributed by atoms with Crippen LogP contribution in [0.5, 0.6) is 0 Å². The van der Waals surface area contributed by atoms with Crippen molar-refractivity contribution in [2.75, 3.05) is 32.7 Å². The van der Waals surface area contributed by atoms with Gasteiger partial charge >= 0.3 is 0 Å². The summed E-state index contributed by atoms with van der Waals surface area (Å²) in [6, 6.07) is 9.99. The molecule has 7 nitrogen and oxygen atoms in total. The van der Waals surface area contributed by atoms with Crippen LogP contribution in [0.3, 0.4) is 0 Å². The van der Waals surface area contributed by atoms with E-state index in [-0.39, 0.29) is 30.7 Å². The highest BCUT2D eigenvalue weighted by Gasteiger charge is 2.40. The molecule has 0 radical (unpaired) electrons. The number of nitrogens with one attached hydrogen (secondary N) is 2. The first-order valence-electron chi connectivity index (χ1n) is 10.8. The van der Waals surface area contributed by atoms with Crippen LogP contribution >= 0.6 is 10.8 Å². The first-order valence-corrected chi connectivity index (χ1v) is 12.3. The van der Waals surface area contributed by atoms with Crippen LogP contribution in [0, 0.1) is 5.82 Å². The summed E-state index contributed by atoms with van der Waals surface area (Å²) in [6.07, 6.45) is 2.09. The minimum atomic E-state index is -3.16. The number of benzene rings is 2. The Kier molecular flexibility index (Phi) is 5.47. The fraction of sp³-hybridized carbons (Fsp3) is 0.348. The van der Waals surface area contributed by atoms with Crippen LogP contribution in [0.4, 0.5) is 4.39 Å². The molecule has 9 heteroatoms. The number of piperazine rings is 1. The summed E-state index contributed by atoms with van der Waals surface area (Å²) in [7, 11) is -3.16. The van der Waals surface area contributed by atoms with Gasteiger partial charge in [-0.25, -0.2) is 4.39 Å². The maximum atomic E-state index is 13.5. The van der Waals surface area contributed by atoms with E-state index in [4.69, 9.17) is 0 Å². The monoisotopic (exact) mass is 458 g/mol. The van der Waals surface area contributed by atoms with Gasteiger partial charge in [-0.1, -0.05) is 6.07 Å². The smallest absolute Gasteiger partial charge is 0.224 e. The van der Waals surface area contributed by atoms with E-state index in [9.17, 15) is 18.3 Å². The average Bonchev–Trinajstić information content (AvgIpc) is 3.29. The van der Waals surface area contributed by atoms with Crippen molar-refractivity contribution in [1.29, 1.82) is 0 Å². The van der Waals surface area contributed by atoms with E-state index in [2.05, 4.69) is 10.3 Å². The van der Waals surface area contributed by atoms with Crippen LogP contribution in [0.2, 0.25) is 0 Å². The molecule has 1 amide bonds. The molecular weight excluding hydrogens is 431 g/mol. The first-order chi connectivity index (χ1) is 15.4. The molecule has 4 N–H and O–H groups in total. The molecule has 1 unspecified atom stereocenters. The molecule has 3 aromatic rings. The van der Waals surface area contributed by atoms with Crippen molar-refractivity contribution >= 4 is 27.6 Å². The number of hydrogen-bond donors (Lipinski definition) is 4. The SMILES string of the molecule is CC1c2cc(-c3c[nH]c4cc(F)ccc34)ccc2S(O)(O)N1CCC(=O)N1CCNCC1. The lowest BCUT2D eigenvalue weighted by Gasteiger charge is -2.39. The normalized spacial score (nSPS) is 21.6. The molecular formula is C23H27FN4O3S. The molecule has 0 saturated carbocycles. The number of amides is 1. The summed E-state index contributed by atoms with van der Waals surface area (Å²) in [5.41, 5.74) is 3.40. The molecule has 0 spiro atoms. The Bertz CT molecular complexity index is 1180. The van der Waals surface area contributed by atoms with Crippen molar-refractivity contribution in [3.8, 4) is 11.1 Å². The maximum Gasteiger partial charge on any atom is 0.224 e. The Morgan fingerprint density at radius 1 is 1.19 bits per heavy atom. The molecule has 1 atom stereocenters. The molecule has 1 saturated heterocycles. The molecule has 3 heterocycles. The molecule has 1 aromatic heterocycles. The highest BCUT2D eigenvalue weighted by atomic mass is 32.3. The lowest BCUT2D eigenvalue weighted by Crippen LogP contribution is -2.47. The molecule has 0 bridgehead atoms. The van der Waals surface area contributed by atoms with E-state index in [0.29, 0.717) is 23.5 Å². The fourth-order valence-corrected chi connectivity index (χ4v) is 6.68. The molecule has 2 aliphatic heterocycles. The lowest BCUT2D eigenvalue weighted by molar-refractivity contribution is -0.131. The number of carbonyl (C=O) groups is 1. The van der Waals surface area contributed by atoms with E-state index in [1.807, 2.05) is 30.2 Å². The third-order valence-electron chi connectivity index (χ3n) is 6.48. The summed E-state index contributed by atoms with van der Waals surface area (Å²) in [5, 5.41) is 4.13. The standard InChI is InChI=1S/C23H27FN4O3S/c1-15-19-12-16(20-14-26-21-13-17(24)3-4-18(20)21)2-5-22(19)32(30,31)28(15)9-6-23(29)27-10-7-25-8-11-27/h2-5,12-15,25-26,30-31H,6-11H2,1H3. The van der Waals surface area contributed by atoms with Gasteiger partial charge in [0.15, 0.2) is 0 Å². The predicted molar refractivity (Wildman–Crippen MR) is 124 cm³/mol. The van der Waals surface area contributed by atoms with Crippen molar-refractivity contribution in [3.05, 3.63) is 54.0 Å². The highest BCUT2D eigenvalue weighted by Crippen LogP contribution is 2.63. The zero-order chi connectivity index (χ0) is 22.5. The second-order valence-corrected chi connectivity index (χ2v) is 10.3. The number of aromatic amines is 1. The molecule has 0 aliphatic carbocycles. The van der Waals surface area contributed by atoms with Crippen LogP contribution in [0.1, 0.15) is 24.9 Å². The van der Waals surface area contributed by atoms with Crippen LogP contribution in [-0.2, 0) is 4.79 Å². The van der Waals surface area contributed by atoms with Crippen molar-refractivity contribution in [1.82, 2.24) is 19.5 Å². The van der Waals surface area contributed by atoms with Crippen LogP contribution in [0.25, 0.3) is 22.0 Å². The predicted octanol–water partition coefficient (Wildman–Crippen LogP) is 4.20. The van der Waals surface area contributed by atoms with Gasteiger partial charge in [0.25, 0.3) is 0 Å².